The van der Waals surface area contributed by atoms with Gasteiger partial charge >= 0.3 is 5.97 Å². The summed E-state index contributed by atoms with van der Waals surface area (Å²) in [5.74, 6) is -1.16. The molecule has 1 aromatic carbocycles. The highest BCUT2D eigenvalue weighted by atomic mass is 19.1. The standard InChI is InChI=1S/C16H14FNO3/c1-2-21-15(20)16-9-3-6-14(19)18(16)13-5-4-10(17)8-11(13)12(16)7-9/h4-5,7-8,12H,2-3,6H2,1H3/t12-,16-/m1/s1. The molecular formula is C16H14FNO3. The first-order valence-electron chi connectivity index (χ1n) is 7.11. The minimum absolute atomic E-state index is 0.102. The Hall–Kier alpha value is -2.17. The van der Waals surface area contributed by atoms with Gasteiger partial charge in [0.15, 0.2) is 5.54 Å². The van der Waals surface area contributed by atoms with E-state index in [9.17, 15) is 14.0 Å². The number of amides is 1. The van der Waals surface area contributed by atoms with Gasteiger partial charge in [-0.1, -0.05) is 6.08 Å². The van der Waals surface area contributed by atoms with Crippen molar-refractivity contribution < 1.29 is 18.7 Å². The van der Waals surface area contributed by atoms with Crippen LogP contribution in [0.3, 0.4) is 0 Å². The molecule has 1 aliphatic carbocycles. The van der Waals surface area contributed by atoms with Crippen molar-refractivity contribution in [2.24, 2.45) is 0 Å². The van der Waals surface area contributed by atoms with E-state index < -0.39 is 11.5 Å². The molecule has 0 saturated carbocycles. The minimum atomic E-state index is -1.05. The normalized spacial score (nSPS) is 28.5. The Bertz CT molecular complexity index is 711. The molecular weight excluding hydrogens is 273 g/mol. The predicted octanol–water partition coefficient (Wildman–Crippen LogP) is 2.29. The zero-order valence-corrected chi connectivity index (χ0v) is 11.6. The lowest BCUT2D eigenvalue weighted by molar-refractivity contribution is -0.151. The highest BCUT2D eigenvalue weighted by Gasteiger charge is 2.67. The molecule has 2 heterocycles. The molecule has 4 rings (SSSR count). The number of hydrogen-bond donors (Lipinski definition) is 0. The summed E-state index contributed by atoms with van der Waals surface area (Å²) in [5, 5.41) is 0. The van der Waals surface area contributed by atoms with Gasteiger partial charge < -0.3 is 4.74 Å². The average Bonchev–Trinajstić information content (AvgIpc) is 2.68. The fraction of sp³-hybridized carbons (Fsp3) is 0.375. The minimum Gasteiger partial charge on any atom is -0.464 e. The van der Waals surface area contributed by atoms with Crippen molar-refractivity contribution in [3.05, 3.63) is 41.2 Å². The number of hydrogen-bond acceptors (Lipinski definition) is 3. The quantitative estimate of drug-likeness (QED) is 0.619. The van der Waals surface area contributed by atoms with Gasteiger partial charge in [0.2, 0.25) is 5.91 Å². The van der Waals surface area contributed by atoms with Crippen molar-refractivity contribution in [1.82, 2.24) is 0 Å². The first kappa shape index (κ1) is 12.6. The summed E-state index contributed by atoms with van der Waals surface area (Å²) in [6, 6.07) is 4.32. The van der Waals surface area contributed by atoms with Crippen LogP contribution in [0.15, 0.2) is 29.8 Å². The summed E-state index contributed by atoms with van der Waals surface area (Å²) < 4.78 is 18.8. The number of halogens is 1. The molecule has 2 atom stereocenters. The zero-order chi connectivity index (χ0) is 14.8. The Labute approximate surface area is 121 Å². The lowest BCUT2D eigenvalue weighted by atomic mass is 9.63. The summed E-state index contributed by atoms with van der Waals surface area (Å²) >= 11 is 0. The van der Waals surface area contributed by atoms with Crippen LogP contribution in [0.25, 0.3) is 0 Å². The van der Waals surface area contributed by atoms with E-state index in [1.807, 2.05) is 6.08 Å². The molecule has 21 heavy (non-hydrogen) atoms. The number of rotatable bonds is 2. The van der Waals surface area contributed by atoms with Crippen LogP contribution < -0.4 is 4.90 Å². The molecule has 0 unspecified atom stereocenters. The highest BCUT2D eigenvalue weighted by molar-refractivity contribution is 6.11. The second kappa shape index (κ2) is 3.93. The largest absolute Gasteiger partial charge is 0.464 e. The van der Waals surface area contributed by atoms with Crippen LogP contribution in [-0.4, -0.2) is 24.0 Å². The number of anilines is 1. The number of ether oxygens (including phenoxy) is 1. The number of esters is 1. The molecule has 2 aliphatic heterocycles. The number of carbonyl (C=O) groups excluding carboxylic acids is 2. The van der Waals surface area contributed by atoms with Crippen molar-refractivity contribution in [1.29, 1.82) is 0 Å². The zero-order valence-electron chi connectivity index (χ0n) is 11.6. The summed E-state index contributed by atoms with van der Waals surface area (Å²) in [5.41, 5.74) is 1.19. The summed E-state index contributed by atoms with van der Waals surface area (Å²) in [4.78, 5) is 26.5. The van der Waals surface area contributed by atoms with E-state index in [1.165, 1.54) is 17.0 Å². The number of piperidine rings is 1. The second-order valence-electron chi connectivity index (χ2n) is 5.59. The second-order valence-corrected chi connectivity index (χ2v) is 5.59. The van der Waals surface area contributed by atoms with Crippen LogP contribution in [0.4, 0.5) is 10.1 Å². The van der Waals surface area contributed by atoms with Crippen molar-refractivity contribution in [3.63, 3.8) is 0 Å². The molecule has 1 fully saturated rings. The van der Waals surface area contributed by atoms with Crippen LogP contribution in [0, 0.1) is 5.82 Å². The average molecular weight is 287 g/mol. The van der Waals surface area contributed by atoms with E-state index in [4.69, 9.17) is 4.74 Å². The number of carbonyl (C=O) groups is 2. The fourth-order valence-corrected chi connectivity index (χ4v) is 3.87. The molecule has 5 heteroatoms. The third kappa shape index (κ3) is 1.29. The van der Waals surface area contributed by atoms with Gasteiger partial charge in [0.1, 0.15) is 5.82 Å². The predicted molar refractivity (Wildman–Crippen MR) is 73.3 cm³/mol. The molecule has 0 radical (unpaired) electrons. The Morgan fingerprint density at radius 1 is 1.48 bits per heavy atom. The van der Waals surface area contributed by atoms with Gasteiger partial charge in [-0.2, -0.15) is 0 Å². The molecule has 0 aromatic heterocycles. The lowest BCUT2D eigenvalue weighted by Crippen LogP contribution is -2.65. The lowest BCUT2D eigenvalue weighted by Gasteiger charge is -2.50. The molecule has 0 spiro atoms. The van der Waals surface area contributed by atoms with Crippen molar-refractivity contribution >= 4 is 17.6 Å². The third-order valence-electron chi connectivity index (χ3n) is 4.67. The maximum atomic E-state index is 13.6. The topological polar surface area (TPSA) is 46.6 Å². The maximum absolute atomic E-state index is 13.6. The SMILES string of the molecule is CCOC(=O)[C@@]12C3=C[C@@H]1c1cc(F)ccc1N2C(=O)CC3. The summed E-state index contributed by atoms with van der Waals surface area (Å²) in [7, 11) is 0. The van der Waals surface area contributed by atoms with Gasteiger partial charge in [0.05, 0.1) is 6.61 Å². The van der Waals surface area contributed by atoms with Crippen molar-refractivity contribution in [2.75, 3.05) is 11.5 Å². The van der Waals surface area contributed by atoms with Crippen LogP contribution in [0.1, 0.15) is 31.2 Å². The number of benzene rings is 1. The molecule has 1 amide bonds. The Morgan fingerprint density at radius 3 is 3.05 bits per heavy atom. The van der Waals surface area contributed by atoms with Crippen molar-refractivity contribution in [2.45, 2.75) is 31.2 Å². The Balaban J connectivity index is 1.94. The van der Waals surface area contributed by atoms with Gasteiger partial charge in [-0.25, -0.2) is 9.18 Å². The molecule has 3 aliphatic rings. The van der Waals surface area contributed by atoms with Crippen LogP contribution in [0.2, 0.25) is 0 Å². The third-order valence-corrected chi connectivity index (χ3v) is 4.67. The van der Waals surface area contributed by atoms with Crippen LogP contribution >= 0.6 is 0 Å². The number of nitrogens with zero attached hydrogens (tertiary/aromatic N) is 1. The summed E-state index contributed by atoms with van der Waals surface area (Å²) in [6.07, 6.45) is 2.92. The summed E-state index contributed by atoms with van der Waals surface area (Å²) in [6.45, 7) is 2.00. The molecule has 108 valence electrons. The first-order valence-corrected chi connectivity index (χ1v) is 7.11. The van der Waals surface area contributed by atoms with Gasteiger partial charge in [-0.15, -0.1) is 0 Å². The molecule has 0 N–H and O–H groups in total. The molecule has 4 nitrogen and oxygen atoms in total. The van der Waals surface area contributed by atoms with E-state index >= 15 is 0 Å². The monoisotopic (exact) mass is 287 g/mol. The molecule has 1 saturated heterocycles. The van der Waals surface area contributed by atoms with Gasteiger partial charge in [-0.3, -0.25) is 9.69 Å². The van der Waals surface area contributed by atoms with E-state index in [2.05, 4.69) is 0 Å². The van der Waals surface area contributed by atoms with Gasteiger partial charge in [-0.05, 0) is 42.7 Å². The first-order chi connectivity index (χ1) is 10.1. The van der Waals surface area contributed by atoms with E-state index in [0.717, 1.165) is 5.57 Å². The Kier molecular flexibility index (Phi) is 2.35. The van der Waals surface area contributed by atoms with E-state index in [1.54, 1.807) is 13.0 Å². The highest BCUT2D eigenvalue weighted by Crippen LogP contribution is 2.61. The van der Waals surface area contributed by atoms with Crippen molar-refractivity contribution in [3.8, 4) is 0 Å². The van der Waals surface area contributed by atoms with Gasteiger partial charge in [0.25, 0.3) is 0 Å². The van der Waals surface area contributed by atoms with E-state index in [0.29, 0.717) is 24.1 Å². The van der Waals surface area contributed by atoms with E-state index in [-0.39, 0.29) is 24.2 Å². The maximum Gasteiger partial charge on any atom is 0.337 e. The smallest absolute Gasteiger partial charge is 0.337 e. The number of fused-ring (bicyclic) bond motifs is 3. The molecule has 0 bridgehead atoms. The van der Waals surface area contributed by atoms with Crippen LogP contribution in [-0.2, 0) is 14.3 Å². The molecule has 1 aromatic rings. The van der Waals surface area contributed by atoms with Gasteiger partial charge in [0, 0.05) is 18.0 Å². The van der Waals surface area contributed by atoms with Crippen LogP contribution in [0.5, 0.6) is 0 Å². The Morgan fingerprint density at radius 2 is 2.29 bits per heavy atom. The fourth-order valence-electron chi connectivity index (χ4n) is 3.87.